The van der Waals surface area contributed by atoms with Crippen LogP contribution in [0.5, 0.6) is 0 Å². The maximum absolute atomic E-state index is 12.6. The first-order chi connectivity index (χ1) is 13.3. The average molecular weight is 374 g/mol. The normalized spacial score (nSPS) is 11.1. The molecule has 0 aliphatic rings. The summed E-state index contributed by atoms with van der Waals surface area (Å²) >= 11 is 0. The van der Waals surface area contributed by atoms with Crippen LogP contribution in [0.25, 0.3) is 11.3 Å². The van der Waals surface area contributed by atoms with Crippen LogP contribution in [0.2, 0.25) is 0 Å². The van der Waals surface area contributed by atoms with Gasteiger partial charge in [0.1, 0.15) is 11.4 Å². The van der Waals surface area contributed by atoms with E-state index in [1.165, 1.54) is 5.56 Å². The van der Waals surface area contributed by atoms with Crippen LogP contribution in [0.3, 0.4) is 0 Å². The van der Waals surface area contributed by atoms with Gasteiger partial charge in [0.05, 0.1) is 11.3 Å². The highest BCUT2D eigenvalue weighted by atomic mass is 16.6. The molecule has 4 nitrogen and oxygen atoms in total. The van der Waals surface area contributed by atoms with Gasteiger partial charge in [0.2, 0.25) is 0 Å². The largest absolute Gasteiger partial charge is 0.456 e. The Balaban J connectivity index is 1.93. The van der Waals surface area contributed by atoms with Crippen LogP contribution in [0, 0.1) is 6.92 Å². The molecule has 144 valence electrons. The van der Waals surface area contributed by atoms with Crippen molar-refractivity contribution < 1.29 is 9.53 Å². The quantitative estimate of drug-likeness (QED) is 0.589. The van der Waals surface area contributed by atoms with Crippen molar-refractivity contribution in [2.75, 3.05) is 5.32 Å². The van der Waals surface area contributed by atoms with E-state index in [1.807, 2.05) is 82.3 Å². The summed E-state index contributed by atoms with van der Waals surface area (Å²) in [7, 11) is 0. The minimum Gasteiger partial charge on any atom is -0.456 e. The Morgan fingerprint density at radius 2 is 1.68 bits per heavy atom. The predicted octanol–water partition coefficient (Wildman–Crippen LogP) is 5.62. The molecular formula is C24H26N2O2. The highest BCUT2D eigenvalue weighted by molar-refractivity contribution is 5.92. The topological polar surface area (TPSA) is 51.2 Å². The summed E-state index contributed by atoms with van der Waals surface area (Å²) in [5.41, 5.74) is 3.94. The first-order valence-electron chi connectivity index (χ1n) is 9.40. The minimum atomic E-state index is -0.554. The van der Waals surface area contributed by atoms with E-state index in [1.54, 1.807) is 12.1 Å². The summed E-state index contributed by atoms with van der Waals surface area (Å²) in [4.78, 5) is 17.4. The van der Waals surface area contributed by atoms with Gasteiger partial charge in [-0.2, -0.15) is 0 Å². The third-order valence-electron chi connectivity index (χ3n) is 4.12. The molecule has 0 saturated carbocycles. The van der Waals surface area contributed by atoms with Crippen molar-refractivity contribution >= 4 is 11.8 Å². The summed E-state index contributed by atoms with van der Waals surface area (Å²) in [6.45, 7) is 8.25. The predicted molar refractivity (Wildman–Crippen MR) is 113 cm³/mol. The van der Waals surface area contributed by atoms with E-state index in [0.29, 0.717) is 17.9 Å². The Labute approximate surface area is 166 Å². The van der Waals surface area contributed by atoms with Gasteiger partial charge < -0.3 is 10.1 Å². The summed E-state index contributed by atoms with van der Waals surface area (Å²) in [5, 5.41) is 3.32. The smallest absolute Gasteiger partial charge is 0.338 e. The number of pyridine rings is 1. The van der Waals surface area contributed by atoms with E-state index in [0.717, 1.165) is 16.8 Å². The van der Waals surface area contributed by atoms with Gasteiger partial charge in [0.25, 0.3) is 0 Å². The molecule has 4 heteroatoms. The Morgan fingerprint density at radius 1 is 1.00 bits per heavy atom. The van der Waals surface area contributed by atoms with Gasteiger partial charge >= 0.3 is 5.97 Å². The lowest BCUT2D eigenvalue weighted by Crippen LogP contribution is -2.24. The highest BCUT2D eigenvalue weighted by Crippen LogP contribution is 2.24. The number of hydrogen-bond acceptors (Lipinski definition) is 4. The Morgan fingerprint density at radius 3 is 2.32 bits per heavy atom. The summed E-state index contributed by atoms with van der Waals surface area (Å²) in [6.07, 6.45) is 0. The number of benzene rings is 2. The van der Waals surface area contributed by atoms with E-state index in [-0.39, 0.29) is 5.97 Å². The molecule has 0 aliphatic carbocycles. The molecule has 3 rings (SSSR count). The van der Waals surface area contributed by atoms with Crippen LogP contribution in [0.1, 0.15) is 42.3 Å². The fourth-order valence-corrected chi connectivity index (χ4v) is 2.74. The standard InChI is InChI=1S/C24H26N2O2/c1-17-10-12-19(13-11-17)21-14-20(23(27)28-24(2,3)4)15-22(26-21)25-16-18-8-6-5-7-9-18/h5-15H,16H2,1-4H3,(H,25,26). The van der Waals surface area contributed by atoms with Crippen molar-refractivity contribution in [1.29, 1.82) is 0 Å². The molecule has 1 N–H and O–H groups in total. The third kappa shape index (κ3) is 5.43. The summed E-state index contributed by atoms with van der Waals surface area (Å²) in [5.74, 6) is 0.286. The molecule has 0 amide bonds. The molecule has 0 fully saturated rings. The second-order valence-corrected chi connectivity index (χ2v) is 7.83. The van der Waals surface area contributed by atoms with Crippen molar-refractivity contribution in [3.63, 3.8) is 0 Å². The lowest BCUT2D eigenvalue weighted by Gasteiger charge is -2.20. The first-order valence-corrected chi connectivity index (χ1v) is 9.40. The van der Waals surface area contributed by atoms with Crippen molar-refractivity contribution in [3.05, 3.63) is 83.4 Å². The van der Waals surface area contributed by atoms with Crippen LogP contribution in [-0.4, -0.2) is 16.6 Å². The number of anilines is 1. The van der Waals surface area contributed by atoms with E-state index in [9.17, 15) is 4.79 Å². The molecular weight excluding hydrogens is 348 g/mol. The van der Waals surface area contributed by atoms with Crippen molar-refractivity contribution in [2.45, 2.75) is 39.8 Å². The van der Waals surface area contributed by atoms with Gasteiger partial charge in [-0.25, -0.2) is 9.78 Å². The number of carbonyl (C=O) groups is 1. The number of aryl methyl sites for hydroxylation is 1. The van der Waals surface area contributed by atoms with E-state index in [2.05, 4.69) is 5.32 Å². The zero-order chi connectivity index (χ0) is 20.1. The maximum Gasteiger partial charge on any atom is 0.338 e. The number of rotatable bonds is 5. The van der Waals surface area contributed by atoms with Crippen molar-refractivity contribution in [2.24, 2.45) is 0 Å². The molecule has 2 aromatic carbocycles. The molecule has 3 aromatic rings. The van der Waals surface area contributed by atoms with Gasteiger partial charge in [-0.1, -0.05) is 60.2 Å². The van der Waals surface area contributed by atoms with Crippen LogP contribution in [-0.2, 0) is 11.3 Å². The van der Waals surface area contributed by atoms with E-state index < -0.39 is 5.60 Å². The molecule has 1 heterocycles. The Hall–Kier alpha value is -3.14. The molecule has 0 atom stereocenters. The van der Waals surface area contributed by atoms with Crippen molar-refractivity contribution in [1.82, 2.24) is 4.98 Å². The molecule has 0 bridgehead atoms. The molecule has 0 radical (unpaired) electrons. The average Bonchev–Trinajstić information content (AvgIpc) is 2.66. The lowest BCUT2D eigenvalue weighted by atomic mass is 10.1. The first kappa shape index (κ1) is 19.6. The molecule has 0 saturated heterocycles. The fourth-order valence-electron chi connectivity index (χ4n) is 2.74. The molecule has 28 heavy (non-hydrogen) atoms. The summed E-state index contributed by atoms with van der Waals surface area (Å²) in [6, 6.07) is 21.7. The van der Waals surface area contributed by atoms with Crippen LogP contribution < -0.4 is 5.32 Å². The maximum atomic E-state index is 12.6. The second-order valence-electron chi connectivity index (χ2n) is 7.83. The van der Waals surface area contributed by atoms with Gasteiger partial charge in [-0.05, 0) is 45.4 Å². The second kappa shape index (κ2) is 8.26. The fraction of sp³-hybridized carbons (Fsp3) is 0.250. The molecule has 1 aromatic heterocycles. The zero-order valence-electron chi connectivity index (χ0n) is 16.8. The van der Waals surface area contributed by atoms with E-state index >= 15 is 0 Å². The zero-order valence-corrected chi connectivity index (χ0v) is 16.8. The number of ether oxygens (including phenoxy) is 1. The van der Waals surface area contributed by atoms with E-state index in [4.69, 9.17) is 9.72 Å². The third-order valence-corrected chi connectivity index (χ3v) is 4.12. The van der Waals surface area contributed by atoms with Crippen LogP contribution >= 0.6 is 0 Å². The monoisotopic (exact) mass is 374 g/mol. The molecule has 0 aliphatic heterocycles. The van der Waals surface area contributed by atoms with Crippen molar-refractivity contribution in [3.8, 4) is 11.3 Å². The highest BCUT2D eigenvalue weighted by Gasteiger charge is 2.19. The molecule has 0 unspecified atom stereocenters. The number of nitrogens with zero attached hydrogens (tertiary/aromatic N) is 1. The Bertz CT molecular complexity index is 943. The van der Waals surface area contributed by atoms with Gasteiger partial charge in [0, 0.05) is 12.1 Å². The number of nitrogens with one attached hydrogen (secondary N) is 1. The van der Waals surface area contributed by atoms with Crippen LogP contribution in [0.4, 0.5) is 5.82 Å². The van der Waals surface area contributed by atoms with Gasteiger partial charge in [-0.15, -0.1) is 0 Å². The SMILES string of the molecule is Cc1ccc(-c2cc(C(=O)OC(C)(C)C)cc(NCc3ccccc3)n2)cc1. The minimum absolute atomic E-state index is 0.356. The lowest BCUT2D eigenvalue weighted by molar-refractivity contribution is 0.00695. The van der Waals surface area contributed by atoms with Crippen LogP contribution in [0.15, 0.2) is 66.7 Å². The Kier molecular flexibility index (Phi) is 5.78. The van der Waals surface area contributed by atoms with Gasteiger partial charge in [-0.3, -0.25) is 0 Å². The number of carbonyl (C=O) groups excluding carboxylic acids is 1. The number of esters is 1. The van der Waals surface area contributed by atoms with Gasteiger partial charge in [0.15, 0.2) is 0 Å². The number of hydrogen-bond donors (Lipinski definition) is 1. The number of aromatic nitrogens is 1. The summed E-state index contributed by atoms with van der Waals surface area (Å²) < 4.78 is 5.56. The molecule has 0 spiro atoms.